The van der Waals surface area contributed by atoms with E-state index in [4.69, 9.17) is 4.74 Å². The van der Waals surface area contributed by atoms with Crippen LogP contribution in [-0.4, -0.2) is 24.1 Å². The topological polar surface area (TPSA) is 60.4 Å². The fourth-order valence-electron chi connectivity index (χ4n) is 2.98. The molecule has 1 unspecified atom stereocenters. The first kappa shape index (κ1) is 19.0. The number of carbonyl (C=O) groups is 3. The van der Waals surface area contributed by atoms with Crippen molar-refractivity contribution in [2.24, 2.45) is 5.92 Å². The van der Waals surface area contributed by atoms with Crippen LogP contribution >= 0.6 is 11.3 Å². The number of ether oxygens (including phenoxy) is 1. The van der Waals surface area contributed by atoms with Crippen molar-refractivity contribution in [3.8, 4) is 0 Å². The second-order valence-electron chi connectivity index (χ2n) is 6.17. The molecule has 0 spiro atoms. The van der Waals surface area contributed by atoms with E-state index < -0.39 is 11.9 Å². The van der Waals surface area contributed by atoms with Gasteiger partial charge in [0.05, 0.1) is 11.5 Å². The molecule has 0 saturated heterocycles. The second kappa shape index (κ2) is 8.73. The number of carbonyl (C=O) groups excluding carboxylic acids is 3. The molecule has 4 nitrogen and oxygen atoms in total. The van der Waals surface area contributed by atoms with E-state index in [0.717, 1.165) is 10.8 Å². The summed E-state index contributed by atoms with van der Waals surface area (Å²) in [4.78, 5) is 38.3. The minimum atomic E-state index is -0.977. The van der Waals surface area contributed by atoms with Crippen LogP contribution in [0.3, 0.4) is 0 Å². The normalized spacial score (nSPS) is 11.9. The van der Waals surface area contributed by atoms with E-state index >= 15 is 0 Å². The van der Waals surface area contributed by atoms with Crippen LogP contribution < -0.4 is 0 Å². The Labute approximate surface area is 161 Å². The highest BCUT2D eigenvalue weighted by atomic mass is 32.1. The Balaban J connectivity index is 1.81. The number of fused-ring (bicyclic) bond motifs is 1. The summed E-state index contributed by atoms with van der Waals surface area (Å²) in [7, 11) is 0. The molecular formula is C22H20O4S. The van der Waals surface area contributed by atoms with E-state index in [2.05, 4.69) is 0 Å². The van der Waals surface area contributed by atoms with Crippen LogP contribution in [0.2, 0.25) is 0 Å². The molecule has 1 aromatic heterocycles. The first-order valence-corrected chi connectivity index (χ1v) is 9.74. The molecule has 27 heavy (non-hydrogen) atoms. The molecular weight excluding hydrogens is 360 g/mol. The fraction of sp³-hybridized carbons (Fsp3) is 0.227. The minimum Gasteiger partial charge on any atom is -0.465 e. The lowest BCUT2D eigenvalue weighted by Gasteiger charge is -2.14. The third-order valence-electron chi connectivity index (χ3n) is 4.38. The highest BCUT2D eigenvalue weighted by Gasteiger charge is 2.29. The number of ketones is 2. The van der Waals surface area contributed by atoms with Crippen molar-refractivity contribution in [2.75, 3.05) is 6.61 Å². The number of benzene rings is 2. The zero-order valence-corrected chi connectivity index (χ0v) is 15.8. The Morgan fingerprint density at radius 2 is 1.78 bits per heavy atom. The van der Waals surface area contributed by atoms with Crippen LogP contribution in [0.5, 0.6) is 0 Å². The van der Waals surface area contributed by atoms with Crippen LogP contribution in [0.4, 0.5) is 0 Å². The van der Waals surface area contributed by atoms with Gasteiger partial charge < -0.3 is 4.74 Å². The number of Topliss-reactive ketones (excluding diaryl/α,β-unsaturated/α-hetero) is 2. The van der Waals surface area contributed by atoms with Gasteiger partial charge in [0.15, 0.2) is 11.6 Å². The van der Waals surface area contributed by atoms with Gasteiger partial charge in [-0.25, -0.2) is 0 Å². The van der Waals surface area contributed by atoms with Gasteiger partial charge in [-0.2, -0.15) is 0 Å². The summed E-state index contributed by atoms with van der Waals surface area (Å²) in [5.74, 6) is -1.92. The second-order valence-corrected chi connectivity index (χ2v) is 7.12. The third kappa shape index (κ3) is 4.49. The fourth-order valence-corrected chi connectivity index (χ4v) is 3.67. The molecule has 5 heteroatoms. The average Bonchev–Trinajstić information content (AvgIpc) is 3.22. The first-order valence-electron chi connectivity index (χ1n) is 8.86. The van der Waals surface area contributed by atoms with Crippen molar-refractivity contribution in [1.29, 1.82) is 0 Å². The Morgan fingerprint density at radius 1 is 1.00 bits per heavy atom. The van der Waals surface area contributed by atoms with E-state index in [0.29, 0.717) is 10.4 Å². The summed E-state index contributed by atoms with van der Waals surface area (Å²) in [5.41, 5.74) is 0.454. The van der Waals surface area contributed by atoms with Gasteiger partial charge in [0.1, 0.15) is 5.92 Å². The van der Waals surface area contributed by atoms with E-state index in [1.165, 1.54) is 11.3 Å². The smallest absolute Gasteiger partial charge is 0.316 e. The first-order chi connectivity index (χ1) is 13.1. The van der Waals surface area contributed by atoms with Crippen LogP contribution in [-0.2, 0) is 9.53 Å². The molecule has 0 N–H and O–H groups in total. The Kier molecular flexibility index (Phi) is 6.14. The largest absolute Gasteiger partial charge is 0.465 e. The average molecular weight is 380 g/mol. The van der Waals surface area contributed by atoms with Crippen LogP contribution in [0, 0.1) is 5.92 Å². The highest BCUT2D eigenvalue weighted by Crippen LogP contribution is 2.22. The van der Waals surface area contributed by atoms with Crippen molar-refractivity contribution in [3.63, 3.8) is 0 Å². The van der Waals surface area contributed by atoms with Gasteiger partial charge in [0, 0.05) is 12.0 Å². The Morgan fingerprint density at radius 3 is 2.48 bits per heavy atom. The summed E-state index contributed by atoms with van der Waals surface area (Å²) in [6.07, 6.45) is 0.268. The van der Waals surface area contributed by atoms with E-state index in [1.54, 1.807) is 31.2 Å². The molecule has 0 bridgehead atoms. The SMILES string of the molecule is CCOC(=O)C(CCC(=O)c1cccs1)C(=O)c1ccc2ccccc2c1. The van der Waals surface area contributed by atoms with Gasteiger partial charge in [0.25, 0.3) is 0 Å². The van der Waals surface area contributed by atoms with Gasteiger partial charge >= 0.3 is 5.97 Å². The number of rotatable bonds is 8. The lowest BCUT2D eigenvalue weighted by atomic mass is 9.91. The number of thiophene rings is 1. The Hall–Kier alpha value is -2.79. The number of hydrogen-bond donors (Lipinski definition) is 0. The molecule has 2 aromatic carbocycles. The minimum absolute atomic E-state index is 0.0643. The van der Waals surface area contributed by atoms with Crippen LogP contribution in [0.1, 0.15) is 39.8 Å². The molecule has 0 aliphatic rings. The maximum atomic E-state index is 13.0. The lowest BCUT2D eigenvalue weighted by Crippen LogP contribution is -2.27. The zero-order valence-electron chi connectivity index (χ0n) is 15.0. The number of hydrogen-bond acceptors (Lipinski definition) is 5. The maximum Gasteiger partial charge on any atom is 0.316 e. The van der Waals surface area contributed by atoms with E-state index in [9.17, 15) is 14.4 Å². The van der Waals surface area contributed by atoms with Gasteiger partial charge in [-0.05, 0) is 41.6 Å². The highest BCUT2D eigenvalue weighted by molar-refractivity contribution is 7.12. The molecule has 0 saturated carbocycles. The molecule has 1 atom stereocenters. The van der Waals surface area contributed by atoms with Gasteiger partial charge in [0.2, 0.25) is 0 Å². The summed E-state index contributed by atoms with van der Waals surface area (Å²) in [6.45, 7) is 1.89. The van der Waals surface area contributed by atoms with Gasteiger partial charge in [-0.1, -0.05) is 42.5 Å². The van der Waals surface area contributed by atoms with E-state index in [1.807, 2.05) is 35.7 Å². The van der Waals surface area contributed by atoms with Crippen LogP contribution in [0.15, 0.2) is 60.0 Å². The zero-order chi connectivity index (χ0) is 19.2. The molecule has 0 aliphatic carbocycles. The summed E-state index contributed by atoms with van der Waals surface area (Å²) in [5, 5.41) is 3.78. The predicted octanol–water partition coefficient (Wildman–Crippen LogP) is 4.93. The van der Waals surface area contributed by atoms with E-state index in [-0.39, 0.29) is 31.0 Å². The predicted molar refractivity (Wildman–Crippen MR) is 106 cm³/mol. The number of esters is 1. The molecule has 3 aromatic rings. The summed E-state index contributed by atoms with van der Waals surface area (Å²) < 4.78 is 5.09. The monoisotopic (exact) mass is 380 g/mol. The lowest BCUT2D eigenvalue weighted by molar-refractivity contribution is -0.146. The quantitative estimate of drug-likeness (QED) is 0.316. The molecule has 0 aliphatic heterocycles. The third-order valence-corrected chi connectivity index (χ3v) is 5.29. The molecule has 0 radical (unpaired) electrons. The maximum absolute atomic E-state index is 13.0. The summed E-state index contributed by atoms with van der Waals surface area (Å²) in [6, 6.07) is 16.6. The molecule has 0 fully saturated rings. The standard InChI is InChI=1S/C22H20O4S/c1-2-26-22(25)18(11-12-19(23)20-8-5-13-27-20)21(24)17-10-9-15-6-3-4-7-16(15)14-17/h3-10,13-14,18H,2,11-12H2,1H3. The molecule has 1 heterocycles. The summed E-state index contributed by atoms with van der Waals surface area (Å²) >= 11 is 1.36. The Bertz CT molecular complexity index is 959. The van der Waals surface area contributed by atoms with Crippen molar-refractivity contribution in [2.45, 2.75) is 19.8 Å². The van der Waals surface area contributed by atoms with Crippen molar-refractivity contribution in [3.05, 3.63) is 70.4 Å². The van der Waals surface area contributed by atoms with Crippen LogP contribution in [0.25, 0.3) is 10.8 Å². The van der Waals surface area contributed by atoms with Gasteiger partial charge in [-0.3, -0.25) is 14.4 Å². The molecule has 138 valence electrons. The molecule has 0 amide bonds. The van der Waals surface area contributed by atoms with Gasteiger partial charge in [-0.15, -0.1) is 11.3 Å². The van der Waals surface area contributed by atoms with Crippen molar-refractivity contribution < 1.29 is 19.1 Å². The van der Waals surface area contributed by atoms with Crippen molar-refractivity contribution in [1.82, 2.24) is 0 Å². The molecule has 3 rings (SSSR count). The van der Waals surface area contributed by atoms with Crippen molar-refractivity contribution >= 4 is 39.6 Å².